The average Bonchev–Trinajstić information content (AvgIpc) is 2.41. The summed E-state index contributed by atoms with van der Waals surface area (Å²) < 4.78 is 0. The molecule has 4 heteroatoms. The Kier molecular flexibility index (Phi) is 3.25. The minimum atomic E-state index is -0.0471. The fourth-order valence-electron chi connectivity index (χ4n) is 2.70. The monoisotopic (exact) mass is 257 g/mol. The second-order valence-electron chi connectivity index (χ2n) is 5.31. The quantitative estimate of drug-likeness (QED) is 0.865. The molecular weight excluding hydrogens is 238 g/mol. The molecule has 0 spiro atoms. The molecular formula is C15H19N3O. The Morgan fingerprint density at radius 2 is 2.00 bits per heavy atom. The van der Waals surface area contributed by atoms with Crippen molar-refractivity contribution >= 4 is 16.6 Å². The molecule has 2 aromatic rings. The number of likely N-dealkylation sites (tertiary alicyclic amines) is 1. The summed E-state index contributed by atoms with van der Waals surface area (Å²) in [5.74, 6) is 0. The van der Waals surface area contributed by atoms with Gasteiger partial charge in [0.15, 0.2) is 0 Å². The van der Waals surface area contributed by atoms with Gasteiger partial charge in [0.05, 0.1) is 5.52 Å². The van der Waals surface area contributed by atoms with Crippen molar-refractivity contribution in [2.75, 3.05) is 25.5 Å². The first-order valence-corrected chi connectivity index (χ1v) is 6.79. The number of hydrogen-bond acceptors (Lipinski definition) is 3. The van der Waals surface area contributed by atoms with Gasteiger partial charge in [0.25, 0.3) is 0 Å². The number of para-hydroxylation sites is 1. The summed E-state index contributed by atoms with van der Waals surface area (Å²) in [6.45, 7) is 2.22. The zero-order valence-electron chi connectivity index (χ0n) is 11.1. The summed E-state index contributed by atoms with van der Waals surface area (Å²) in [5.41, 5.74) is 1.80. The van der Waals surface area contributed by atoms with Crippen molar-refractivity contribution in [3.05, 3.63) is 40.7 Å². The third kappa shape index (κ3) is 2.63. The number of piperidine rings is 1. The molecule has 1 aliphatic heterocycles. The first-order valence-electron chi connectivity index (χ1n) is 6.79. The maximum atomic E-state index is 11.7. The number of nitrogens with zero attached hydrogens (tertiary/aromatic N) is 1. The Bertz CT molecular complexity index is 627. The second-order valence-corrected chi connectivity index (χ2v) is 5.31. The van der Waals surface area contributed by atoms with Gasteiger partial charge in [-0.2, -0.15) is 0 Å². The molecule has 1 aromatic carbocycles. The van der Waals surface area contributed by atoms with Crippen molar-refractivity contribution in [1.82, 2.24) is 9.88 Å². The van der Waals surface area contributed by atoms with Crippen molar-refractivity contribution in [1.29, 1.82) is 0 Å². The molecule has 100 valence electrons. The van der Waals surface area contributed by atoms with Gasteiger partial charge in [0, 0.05) is 23.2 Å². The number of benzene rings is 1. The summed E-state index contributed by atoms with van der Waals surface area (Å²) in [7, 11) is 2.15. The lowest BCUT2D eigenvalue weighted by Crippen LogP contribution is -2.36. The number of hydrogen-bond donors (Lipinski definition) is 2. The summed E-state index contributed by atoms with van der Waals surface area (Å²) >= 11 is 0. The van der Waals surface area contributed by atoms with Crippen molar-refractivity contribution in [2.24, 2.45) is 0 Å². The van der Waals surface area contributed by atoms with E-state index in [4.69, 9.17) is 0 Å². The number of rotatable bonds is 2. The van der Waals surface area contributed by atoms with E-state index in [-0.39, 0.29) is 5.56 Å². The number of fused-ring (bicyclic) bond motifs is 1. The Labute approximate surface area is 112 Å². The van der Waals surface area contributed by atoms with Crippen LogP contribution in [0.15, 0.2) is 35.1 Å². The molecule has 0 unspecified atom stereocenters. The molecule has 0 atom stereocenters. The van der Waals surface area contributed by atoms with Crippen LogP contribution in [-0.2, 0) is 0 Å². The summed E-state index contributed by atoms with van der Waals surface area (Å²) in [6, 6.07) is 10.1. The van der Waals surface area contributed by atoms with E-state index in [0.29, 0.717) is 6.04 Å². The Balaban J connectivity index is 1.90. The number of H-pyrrole nitrogens is 1. The molecule has 4 nitrogen and oxygen atoms in total. The van der Waals surface area contributed by atoms with Gasteiger partial charge in [-0.15, -0.1) is 0 Å². The fraction of sp³-hybridized carbons (Fsp3) is 0.400. The van der Waals surface area contributed by atoms with Crippen LogP contribution in [-0.4, -0.2) is 36.1 Å². The van der Waals surface area contributed by atoms with E-state index in [1.165, 1.54) is 0 Å². The third-order valence-electron chi connectivity index (χ3n) is 3.83. The second kappa shape index (κ2) is 5.05. The molecule has 1 aromatic heterocycles. The van der Waals surface area contributed by atoms with E-state index in [1.807, 2.05) is 24.3 Å². The first-order chi connectivity index (χ1) is 9.22. The van der Waals surface area contributed by atoms with Crippen LogP contribution in [0.5, 0.6) is 0 Å². The predicted molar refractivity (Wildman–Crippen MR) is 78.7 cm³/mol. The van der Waals surface area contributed by atoms with E-state index in [9.17, 15) is 4.79 Å². The zero-order valence-corrected chi connectivity index (χ0v) is 11.1. The molecule has 0 amide bonds. The summed E-state index contributed by atoms with van der Waals surface area (Å²) in [4.78, 5) is 16.9. The molecule has 2 heterocycles. The maximum absolute atomic E-state index is 11.7. The molecule has 0 saturated carbocycles. The van der Waals surface area contributed by atoms with Crippen LogP contribution in [0.25, 0.3) is 10.9 Å². The van der Waals surface area contributed by atoms with Gasteiger partial charge < -0.3 is 15.2 Å². The van der Waals surface area contributed by atoms with Crippen LogP contribution in [0, 0.1) is 0 Å². The molecule has 2 N–H and O–H groups in total. The van der Waals surface area contributed by atoms with E-state index in [1.54, 1.807) is 6.07 Å². The van der Waals surface area contributed by atoms with Crippen molar-refractivity contribution in [2.45, 2.75) is 18.9 Å². The number of anilines is 1. The fourth-order valence-corrected chi connectivity index (χ4v) is 2.70. The van der Waals surface area contributed by atoms with Gasteiger partial charge in [0.2, 0.25) is 5.56 Å². The average molecular weight is 257 g/mol. The van der Waals surface area contributed by atoms with E-state index in [2.05, 4.69) is 22.2 Å². The van der Waals surface area contributed by atoms with Crippen molar-refractivity contribution in [3.63, 3.8) is 0 Å². The molecule has 1 fully saturated rings. The molecule has 3 rings (SSSR count). The van der Waals surface area contributed by atoms with Gasteiger partial charge in [0.1, 0.15) is 0 Å². The van der Waals surface area contributed by atoms with E-state index >= 15 is 0 Å². The number of aromatic amines is 1. The minimum Gasteiger partial charge on any atom is -0.382 e. The van der Waals surface area contributed by atoms with Crippen molar-refractivity contribution in [3.8, 4) is 0 Å². The van der Waals surface area contributed by atoms with Crippen LogP contribution in [0.1, 0.15) is 12.8 Å². The highest BCUT2D eigenvalue weighted by atomic mass is 16.1. The molecule has 0 radical (unpaired) electrons. The lowest BCUT2D eigenvalue weighted by molar-refractivity contribution is 0.264. The standard InChI is InChI=1S/C15H19N3O/c1-18-8-6-11(7-9-18)16-14-10-15(19)17-13-5-3-2-4-12(13)14/h2-5,10-11H,6-9H2,1H3,(H2,16,17,19). The molecule has 19 heavy (non-hydrogen) atoms. The highest BCUT2D eigenvalue weighted by Crippen LogP contribution is 2.22. The van der Waals surface area contributed by atoms with Crippen LogP contribution in [0.2, 0.25) is 0 Å². The third-order valence-corrected chi connectivity index (χ3v) is 3.83. The number of pyridine rings is 1. The van der Waals surface area contributed by atoms with Gasteiger partial charge in [-0.1, -0.05) is 18.2 Å². The first kappa shape index (κ1) is 12.2. The topological polar surface area (TPSA) is 48.1 Å². The van der Waals surface area contributed by atoms with Gasteiger partial charge in [-0.05, 0) is 39.0 Å². The van der Waals surface area contributed by atoms with Crippen LogP contribution >= 0.6 is 0 Å². The van der Waals surface area contributed by atoms with Crippen LogP contribution < -0.4 is 10.9 Å². The number of nitrogens with one attached hydrogen (secondary N) is 2. The largest absolute Gasteiger partial charge is 0.382 e. The lowest BCUT2D eigenvalue weighted by Gasteiger charge is -2.30. The molecule has 1 saturated heterocycles. The highest BCUT2D eigenvalue weighted by Gasteiger charge is 2.17. The molecule has 0 bridgehead atoms. The SMILES string of the molecule is CN1CCC(Nc2cc(=O)[nH]c3ccccc23)CC1. The summed E-state index contributed by atoms with van der Waals surface area (Å²) in [5, 5.41) is 4.62. The van der Waals surface area contributed by atoms with Crippen molar-refractivity contribution < 1.29 is 0 Å². The van der Waals surface area contributed by atoms with E-state index < -0.39 is 0 Å². The predicted octanol–water partition coefficient (Wildman–Crippen LogP) is 2.03. The summed E-state index contributed by atoms with van der Waals surface area (Å²) in [6.07, 6.45) is 2.25. The lowest BCUT2D eigenvalue weighted by atomic mass is 10.0. The van der Waals surface area contributed by atoms with Gasteiger partial charge >= 0.3 is 0 Å². The maximum Gasteiger partial charge on any atom is 0.250 e. The van der Waals surface area contributed by atoms with Gasteiger partial charge in [-0.3, -0.25) is 4.79 Å². The normalized spacial score (nSPS) is 17.7. The van der Waals surface area contributed by atoms with Gasteiger partial charge in [-0.25, -0.2) is 0 Å². The minimum absolute atomic E-state index is 0.0471. The van der Waals surface area contributed by atoms with Crippen LogP contribution in [0.3, 0.4) is 0 Å². The molecule has 0 aliphatic carbocycles. The van der Waals surface area contributed by atoms with Crippen LogP contribution in [0.4, 0.5) is 5.69 Å². The molecule has 1 aliphatic rings. The Hall–Kier alpha value is -1.81. The highest BCUT2D eigenvalue weighted by molar-refractivity contribution is 5.90. The van der Waals surface area contributed by atoms with E-state index in [0.717, 1.165) is 42.5 Å². The number of aromatic nitrogens is 1. The Morgan fingerprint density at radius 3 is 2.79 bits per heavy atom. The smallest absolute Gasteiger partial charge is 0.250 e. The Morgan fingerprint density at radius 1 is 1.26 bits per heavy atom. The zero-order chi connectivity index (χ0) is 13.2.